The monoisotopic (exact) mass is 498 g/mol. The second-order valence-electron chi connectivity index (χ2n) is 12.3. The third-order valence-corrected chi connectivity index (χ3v) is 10.6. The van der Waals surface area contributed by atoms with E-state index in [4.69, 9.17) is 0 Å². The Balaban J connectivity index is 1.44. The fourth-order valence-electron chi connectivity index (χ4n) is 8.90. The molecule has 4 aliphatic carbocycles. The fourth-order valence-corrected chi connectivity index (χ4v) is 8.90. The van der Waals surface area contributed by atoms with Gasteiger partial charge in [0.2, 0.25) is 0 Å². The molecule has 0 radical (unpaired) electrons. The van der Waals surface area contributed by atoms with Gasteiger partial charge in [0.1, 0.15) is 6.33 Å². The number of fused-ring (bicyclic) bond motifs is 5. The van der Waals surface area contributed by atoms with Crippen molar-refractivity contribution in [2.45, 2.75) is 63.9 Å². The minimum atomic E-state index is -0.910. The first-order chi connectivity index (χ1) is 17.8. The molecule has 1 aromatic heterocycles. The molecule has 2 aromatic rings. The van der Waals surface area contributed by atoms with Gasteiger partial charge in [0.15, 0.2) is 5.78 Å². The number of benzene rings is 1. The topological polar surface area (TPSA) is 83.3 Å². The van der Waals surface area contributed by atoms with Crippen molar-refractivity contribution in [2.24, 2.45) is 35.0 Å². The van der Waals surface area contributed by atoms with E-state index in [0.29, 0.717) is 41.9 Å². The molecule has 1 heterocycles. The number of ketones is 1. The molecule has 0 aliphatic heterocycles. The summed E-state index contributed by atoms with van der Waals surface area (Å²) in [6.45, 7) is 4.55. The third kappa shape index (κ3) is 3.93. The molecular formula is C32H38N2O3. The molecule has 5 heteroatoms. The zero-order valence-corrected chi connectivity index (χ0v) is 21.9. The summed E-state index contributed by atoms with van der Waals surface area (Å²) in [5.74, 6) is 2.84. The van der Waals surface area contributed by atoms with Crippen LogP contribution in [0.4, 0.5) is 0 Å². The Morgan fingerprint density at radius 3 is 2.57 bits per heavy atom. The van der Waals surface area contributed by atoms with Crippen molar-refractivity contribution >= 4 is 5.78 Å². The van der Waals surface area contributed by atoms with Gasteiger partial charge in [-0.3, -0.25) is 4.79 Å². The van der Waals surface area contributed by atoms with Gasteiger partial charge in [-0.2, -0.15) is 0 Å². The summed E-state index contributed by atoms with van der Waals surface area (Å²) < 4.78 is 0. The first-order valence-electron chi connectivity index (χ1n) is 14.0. The normalized spacial score (nSPS) is 39.1. The number of nitrogens with zero attached hydrogens (tertiary/aromatic N) is 2. The summed E-state index contributed by atoms with van der Waals surface area (Å²) >= 11 is 0. The van der Waals surface area contributed by atoms with E-state index in [1.54, 1.807) is 12.4 Å². The van der Waals surface area contributed by atoms with Crippen molar-refractivity contribution in [3.8, 4) is 11.1 Å². The highest BCUT2D eigenvalue weighted by atomic mass is 16.3. The van der Waals surface area contributed by atoms with Gasteiger partial charge in [-0.15, -0.1) is 0 Å². The highest BCUT2D eigenvalue weighted by Gasteiger charge is 2.64. The number of carbonyl (C=O) groups excluding carboxylic acids is 1. The lowest BCUT2D eigenvalue weighted by Gasteiger charge is -2.59. The minimum Gasteiger partial charge on any atom is -0.392 e. The number of carbonyl (C=O) groups is 1. The lowest BCUT2D eigenvalue weighted by molar-refractivity contribution is -0.118. The largest absolute Gasteiger partial charge is 0.392 e. The second kappa shape index (κ2) is 9.28. The Hall–Kier alpha value is -2.63. The van der Waals surface area contributed by atoms with Crippen molar-refractivity contribution in [3.05, 3.63) is 72.4 Å². The molecule has 1 aromatic carbocycles. The Kier molecular flexibility index (Phi) is 6.20. The van der Waals surface area contributed by atoms with E-state index >= 15 is 0 Å². The molecule has 3 fully saturated rings. The second-order valence-corrected chi connectivity index (χ2v) is 12.3. The lowest BCUT2D eigenvalue weighted by Crippen LogP contribution is -2.55. The van der Waals surface area contributed by atoms with Crippen LogP contribution in [0.25, 0.3) is 11.1 Å². The molecule has 8 atom stereocenters. The van der Waals surface area contributed by atoms with E-state index in [1.165, 1.54) is 11.1 Å². The summed E-state index contributed by atoms with van der Waals surface area (Å²) in [5.41, 5.74) is 3.63. The molecule has 0 amide bonds. The van der Waals surface area contributed by atoms with Crippen LogP contribution >= 0.6 is 0 Å². The summed E-state index contributed by atoms with van der Waals surface area (Å²) in [4.78, 5) is 20.8. The van der Waals surface area contributed by atoms with Crippen LogP contribution in [0.15, 0.2) is 66.8 Å². The van der Waals surface area contributed by atoms with Crippen LogP contribution < -0.4 is 0 Å². The van der Waals surface area contributed by atoms with Crippen molar-refractivity contribution < 1.29 is 15.0 Å². The molecule has 37 heavy (non-hydrogen) atoms. The maximum absolute atomic E-state index is 12.4. The third-order valence-electron chi connectivity index (χ3n) is 10.6. The van der Waals surface area contributed by atoms with Crippen LogP contribution in [0.3, 0.4) is 0 Å². The fraction of sp³-hybridized carbons (Fsp3) is 0.531. The number of allylic oxidation sites excluding steroid dienone is 1. The van der Waals surface area contributed by atoms with Crippen LogP contribution in [0.2, 0.25) is 0 Å². The predicted octanol–water partition coefficient (Wildman–Crippen LogP) is 5.50. The molecule has 0 bridgehead atoms. The van der Waals surface area contributed by atoms with E-state index in [0.717, 1.165) is 43.2 Å². The molecule has 0 unspecified atom stereocenters. The van der Waals surface area contributed by atoms with E-state index in [2.05, 4.69) is 48.1 Å². The van der Waals surface area contributed by atoms with E-state index in [1.807, 2.05) is 24.5 Å². The van der Waals surface area contributed by atoms with Crippen LogP contribution in [-0.4, -0.2) is 38.2 Å². The van der Waals surface area contributed by atoms with Gasteiger partial charge >= 0.3 is 0 Å². The molecular weight excluding hydrogens is 460 g/mol. The minimum absolute atomic E-state index is 0.0511. The zero-order chi connectivity index (χ0) is 25.8. The number of rotatable bonds is 4. The molecule has 3 saturated carbocycles. The average Bonchev–Trinajstić information content (AvgIpc) is 3.18. The highest BCUT2D eigenvalue weighted by Crippen LogP contribution is 2.69. The van der Waals surface area contributed by atoms with Gasteiger partial charge in [0, 0.05) is 29.8 Å². The number of aromatic nitrogens is 2. The van der Waals surface area contributed by atoms with Crippen molar-refractivity contribution in [1.82, 2.24) is 9.97 Å². The highest BCUT2D eigenvalue weighted by molar-refractivity contribution is 5.91. The van der Waals surface area contributed by atoms with Crippen molar-refractivity contribution in [1.29, 1.82) is 0 Å². The summed E-state index contributed by atoms with van der Waals surface area (Å²) in [7, 11) is 0. The number of hydrogen-bond donors (Lipinski definition) is 2. The van der Waals surface area contributed by atoms with Crippen LogP contribution in [-0.2, 0) is 4.79 Å². The van der Waals surface area contributed by atoms with E-state index in [9.17, 15) is 15.0 Å². The molecule has 194 valence electrons. The summed E-state index contributed by atoms with van der Waals surface area (Å²) in [5, 5.41) is 21.5. The van der Waals surface area contributed by atoms with Crippen molar-refractivity contribution in [2.75, 3.05) is 6.61 Å². The zero-order valence-electron chi connectivity index (χ0n) is 21.9. The van der Waals surface area contributed by atoms with Gasteiger partial charge in [0.05, 0.1) is 12.2 Å². The number of hydrogen-bond acceptors (Lipinski definition) is 5. The molecule has 4 aliphatic rings. The number of aliphatic hydroxyl groups is 2. The average molecular weight is 499 g/mol. The Bertz CT molecular complexity index is 1220. The maximum Gasteiger partial charge on any atom is 0.155 e. The Morgan fingerprint density at radius 1 is 1.08 bits per heavy atom. The maximum atomic E-state index is 12.4. The van der Waals surface area contributed by atoms with Crippen LogP contribution in [0, 0.1) is 35.0 Å². The molecule has 5 nitrogen and oxygen atoms in total. The van der Waals surface area contributed by atoms with Crippen LogP contribution in [0.5, 0.6) is 0 Å². The smallest absolute Gasteiger partial charge is 0.155 e. The summed E-state index contributed by atoms with van der Waals surface area (Å²) in [6, 6.07) is 8.88. The van der Waals surface area contributed by atoms with Gasteiger partial charge in [-0.05, 0) is 84.8 Å². The molecule has 6 rings (SSSR count). The number of aliphatic hydroxyl groups excluding tert-OH is 1. The Labute approximate surface area is 219 Å². The SMILES string of the molecule is C[C@@H]1C[C@@H]2[C@H]([C@@H](c3ccc(-c4cncnc4)cc3)C[C@@]3(C)[C@H]2CC[C@@]3(O)/C=C\CO)[C@H]2CCC(=O)C=C12. The van der Waals surface area contributed by atoms with E-state index < -0.39 is 5.60 Å². The molecule has 2 N–H and O–H groups in total. The first-order valence-corrected chi connectivity index (χ1v) is 14.0. The van der Waals surface area contributed by atoms with Gasteiger partial charge in [-0.1, -0.05) is 55.8 Å². The van der Waals surface area contributed by atoms with E-state index in [-0.39, 0.29) is 17.8 Å². The Morgan fingerprint density at radius 2 is 1.84 bits per heavy atom. The predicted molar refractivity (Wildman–Crippen MR) is 143 cm³/mol. The standard InChI is InChI=1S/C32H38N2O3/c1-20-14-27-29-10-12-32(37,11-3-13-35)31(29,2)16-28(30(27)25-9-8-24(36)15-26(20)25)22-6-4-21(5-7-22)23-17-33-19-34-18-23/h3-7,11,15,17-20,25,27-30,35,37H,8-10,12-14,16H2,1-2H3/b11-3-/t20-,25+,27+,28-,29+,30-,31+,32+/m1/s1. The van der Waals surface area contributed by atoms with Gasteiger partial charge < -0.3 is 10.2 Å². The molecule has 0 spiro atoms. The van der Waals surface area contributed by atoms with Crippen molar-refractivity contribution in [3.63, 3.8) is 0 Å². The van der Waals surface area contributed by atoms with Gasteiger partial charge in [-0.25, -0.2) is 9.97 Å². The molecule has 0 saturated heterocycles. The lowest BCUT2D eigenvalue weighted by atomic mass is 9.45. The first kappa shape index (κ1) is 24.7. The summed E-state index contributed by atoms with van der Waals surface area (Å²) in [6.07, 6.45) is 16.2. The quantitative estimate of drug-likeness (QED) is 0.544. The van der Waals surface area contributed by atoms with Gasteiger partial charge in [0.25, 0.3) is 0 Å². The van der Waals surface area contributed by atoms with Crippen LogP contribution in [0.1, 0.15) is 63.9 Å².